The smallest absolute Gasteiger partial charge is 0.0832 e. The molecule has 0 aromatic carbocycles. The van der Waals surface area contributed by atoms with Crippen molar-refractivity contribution in [2.75, 3.05) is 7.11 Å². The molecule has 114 valence electrons. The molecule has 0 aliphatic heterocycles. The maximum absolute atomic E-state index is 6.43. The van der Waals surface area contributed by atoms with Gasteiger partial charge in [-0.25, -0.2) is 0 Å². The average Bonchev–Trinajstić information content (AvgIpc) is 3.10. The zero-order valence-electron chi connectivity index (χ0n) is 13.1. The zero-order valence-corrected chi connectivity index (χ0v) is 13.1. The monoisotopic (exact) mass is 279 g/mol. The maximum Gasteiger partial charge on any atom is 0.0832 e. The summed E-state index contributed by atoms with van der Waals surface area (Å²) in [6.45, 7) is 4.42. The van der Waals surface area contributed by atoms with Crippen molar-refractivity contribution in [1.29, 1.82) is 0 Å². The number of nitrogens with zero attached hydrogens (tertiary/aromatic N) is 2. The first-order chi connectivity index (χ1) is 9.65. The van der Waals surface area contributed by atoms with Gasteiger partial charge in [0.05, 0.1) is 17.3 Å². The van der Waals surface area contributed by atoms with E-state index in [1.807, 2.05) is 0 Å². The summed E-state index contributed by atoms with van der Waals surface area (Å²) in [5, 5.41) is 4.71. The van der Waals surface area contributed by atoms with Gasteiger partial charge >= 0.3 is 0 Å². The first kappa shape index (κ1) is 15.5. The molecule has 0 spiro atoms. The van der Waals surface area contributed by atoms with E-state index < -0.39 is 0 Å². The molecule has 1 saturated carbocycles. The Morgan fingerprint density at radius 1 is 1.35 bits per heavy atom. The summed E-state index contributed by atoms with van der Waals surface area (Å²) in [5.74, 6) is 0. The fourth-order valence-corrected chi connectivity index (χ4v) is 3.46. The molecule has 1 fully saturated rings. The molecular formula is C16H29N3O. The standard InChI is InChI=1S/C16H29N3O/c1-4-14(5-2)19-11-8-13(18-19)12-15(17)16(20-3)9-6-7-10-16/h8,11,14-15H,4-7,9-10,12,17H2,1-3H3. The Labute approximate surface area is 122 Å². The van der Waals surface area contributed by atoms with E-state index >= 15 is 0 Å². The van der Waals surface area contributed by atoms with Gasteiger partial charge in [0.1, 0.15) is 0 Å². The van der Waals surface area contributed by atoms with Gasteiger partial charge < -0.3 is 10.5 Å². The lowest BCUT2D eigenvalue weighted by Crippen LogP contribution is -2.48. The first-order valence-electron chi connectivity index (χ1n) is 8.00. The van der Waals surface area contributed by atoms with Crippen molar-refractivity contribution < 1.29 is 4.74 Å². The van der Waals surface area contributed by atoms with E-state index in [0.717, 1.165) is 37.8 Å². The van der Waals surface area contributed by atoms with Crippen molar-refractivity contribution >= 4 is 0 Å². The summed E-state index contributed by atoms with van der Waals surface area (Å²) in [5.41, 5.74) is 7.40. The zero-order chi connectivity index (χ0) is 14.6. The molecule has 1 aliphatic carbocycles. The molecule has 20 heavy (non-hydrogen) atoms. The minimum absolute atomic E-state index is 0.0417. The van der Waals surface area contributed by atoms with Crippen molar-refractivity contribution in [2.45, 2.75) is 76.5 Å². The lowest BCUT2D eigenvalue weighted by Gasteiger charge is -2.33. The topological polar surface area (TPSA) is 53.1 Å². The maximum atomic E-state index is 6.43. The molecule has 4 heteroatoms. The highest BCUT2D eigenvalue weighted by Crippen LogP contribution is 2.35. The normalized spacial score (nSPS) is 19.6. The third-order valence-electron chi connectivity index (χ3n) is 4.94. The molecule has 0 amide bonds. The van der Waals surface area contributed by atoms with Gasteiger partial charge in [-0.15, -0.1) is 0 Å². The van der Waals surface area contributed by atoms with Crippen LogP contribution in [0.3, 0.4) is 0 Å². The van der Waals surface area contributed by atoms with Crippen LogP contribution in [0.2, 0.25) is 0 Å². The molecule has 1 aromatic heterocycles. The van der Waals surface area contributed by atoms with E-state index in [4.69, 9.17) is 15.6 Å². The number of hydrogen-bond acceptors (Lipinski definition) is 3. The highest BCUT2D eigenvalue weighted by atomic mass is 16.5. The second kappa shape index (κ2) is 6.72. The van der Waals surface area contributed by atoms with Crippen molar-refractivity contribution in [1.82, 2.24) is 9.78 Å². The molecule has 0 bridgehead atoms. The summed E-state index contributed by atoms with van der Waals surface area (Å²) < 4.78 is 7.86. The number of ether oxygens (including phenoxy) is 1. The molecule has 0 saturated heterocycles. The van der Waals surface area contributed by atoms with Crippen LogP contribution in [0.5, 0.6) is 0 Å². The highest BCUT2D eigenvalue weighted by molar-refractivity contribution is 5.07. The first-order valence-corrected chi connectivity index (χ1v) is 8.00. The van der Waals surface area contributed by atoms with Gasteiger partial charge in [0, 0.05) is 25.8 Å². The fraction of sp³-hybridized carbons (Fsp3) is 0.812. The Bertz CT molecular complexity index is 406. The van der Waals surface area contributed by atoms with Crippen LogP contribution >= 0.6 is 0 Å². The minimum Gasteiger partial charge on any atom is -0.377 e. The minimum atomic E-state index is -0.126. The van der Waals surface area contributed by atoms with Crippen LogP contribution in [0.4, 0.5) is 0 Å². The second-order valence-electron chi connectivity index (χ2n) is 6.04. The van der Waals surface area contributed by atoms with Crippen LogP contribution in [0, 0.1) is 0 Å². The third kappa shape index (κ3) is 3.07. The molecule has 1 unspecified atom stereocenters. The SMILES string of the molecule is CCC(CC)n1ccc(CC(N)C2(OC)CCCC2)n1. The Kier molecular flexibility index (Phi) is 5.22. The summed E-state index contributed by atoms with van der Waals surface area (Å²) >= 11 is 0. The molecule has 1 aromatic rings. The Hall–Kier alpha value is -0.870. The Morgan fingerprint density at radius 2 is 2.00 bits per heavy atom. The van der Waals surface area contributed by atoms with Crippen LogP contribution in [-0.4, -0.2) is 28.5 Å². The number of rotatable bonds is 7. The number of methoxy groups -OCH3 is 1. The van der Waals surface area contributed by atoms with Gasteiger partial charge in [0.25, 0.3) is 0 Å². The largest absolute Gasteiger partial charge is 0.377 e. The van der Waals surface area contributed by atoms with E-state index in [1.54, 1.807) is 7.11 Å². The molecule has 1 heterocycles. The predicted molar refractivity (Wildman–Crippen MR) is 81.7 cm³/mol. The number of nitrogens with two attached hydrogens (primary N) is 1. The molecular weight excluding hydrogens is 250 g/mol. The van der Waals surface area contributed by atoms with Crippen molar-refractivity contribution in [3.63, 3.8) is 0 Å². The van der Waals surface area contributed by atoms with Gasteiger partial charge in [-0.1, -0.05) is 26.7 Å². The molecule has 1 atom stereocenters. The Morgan fingerprint density at radius 3 is 2.55 bits per heavy atom. The van der Waals surface area contributed by atoms with Crippen LogP contribution in [0.1, 0.15) is 64.1 Å². The van der Waals surface area contributed by atoms with Gasteiger partial charge in [-0.3, -0.25) is 4.68 Å². The van der Waals surface area contributed by atoms with Crippen molar-refractivity contribution in [2.24, 2.45) is 5.73 Å². The summed E-state index contributed by atoms with van der Waals surface area (Å²) in [4.78, 5) is 0. The van der Waals surface area contributed by atoms with Gasteiger partial charge in [0.15, 0.2) is 0 Å². The molecule has 2 rings (SSSR count). The molecule has 0 radical (unpaired) electrons. The molecule has 1 aliphatic rings. The van der Waals surface area contributed by atoms with E-state index in [0.29, 0.717) is 6.04 Å². The molecule has 4 nitrogen and oxygen atoms in total. The molecule has 2 N–H and O–H groups in total. The van der Waals surface area contributed by atoms with Gasteiger partial charge in [-0.05, 0) is 31.7 Å². The number of hydrogen-bond donors (Lipinski definition) is 1. The van der Waals surface area contributed by atoms with Crippen LogP contribution < -0.4 is 5.73 Å². The third-order valence-corrected chi connectivity index (χ3v) is 4.94. The van der Waals surface area contributed by atoms with Gasteiger partial charge in [-0.2, -0.15) is 5.10 Å². The van der Waals surface area contributed by atoms with E-state index in [9.17, 15) is 0 Å². The Balaban J connectivity index is 2.02. The van der Waals surface area contributed by atoms with Gasteiger partial charge in [0.2, 0.25) is 0 Å². The lowest BCUT2D eigenvalue weighted by atomic mass is 9.89. The summed E-state index contributed by atoms with van der Waals surface area (Å²) in [6.07, 6.45) is 9.75. The predicted octanol–water partition coefficient (Wildman–Crippen LogP) is 3.07. The summed E-state index contributed by atoms with van der Waals surface area (Å²) in [7, 11) is 1.80. The second-order valence-corrected chi connectivity index (χ2v) is 6.04. The van der Waals surface area contributed by atoms with E-state index in [1.165, 1.54) is 12.8 Å². The van der Waals surface area contributed by atoms with E-state index in [-0.39, 0.29) is 11.6 Å². The quantitative estimate of drug-likeness (QED) is 0.834. The van der Waals surface area contributed by atoms with E-state index in [2.05, 4.69) is 30.8 Å². The van der Waals surface area contributed by atoms with Crippen LogP contribution in [0.25, 0.3) is 0 Å². The summed E-state index contributed by atoms with van der Waals surface area (Å²) in [6, 6.07) is 2.65. The fourth-order valence-electron chi connectivity index (χ4n) is 3.46. The van der Waals surface area contributed by atoms with Crippen molar-refractivity contribution in [3.8, 4) is 0 Å². The van der Waals surface area contributed by atoms with Crippen LogP contribution in [0.15, 0.2) is 12.3 Å². The average molecular weight is 279 g/mol. The number of aromatic nitrogens is 2. The van der Waals surface area contributed by atoms with Crippen LogP contribution in [-0.2, 0) is 11.2 Å². The van der Waals surface area contributed by atoms with Crippen molar-refractivity contribution in [3.05, 3.63) is 18.0 Å². The lowest BCUT2D eigenvalue weighted by molar-refractivity contribution is -0.0256. The highest BCUT2D eigenvalue weighted by Gasteiger charge is 2.39.